The minimum atomic E-state index is -1.23. The lowest BCUT2D eigenvalue weighted by atomic mass is 10.1. The molecule has 32 heavy (non-hydrogen) atoms. The first-order valence-corrected chi connectivity index (χ1v) is 11.4. The van der Waals surface area contributed by atoms with Gasteiger partial charge in [-0.1, -0.05) is 29.3 Å². The second kappa shape index (κ2) is 11.4. The lowest BCUT2D eigenvalue weighted by molar-refractivity contribution is -0.132. The number of carbonyl (C=O) groups is 2. The SMILES string of the molecule is O=C(/C=C/c1ccc(Cl)c(Cl)c1)N1CCC(=O)N(CC(O)CN2CC[C@H](F)[C@H](O)C2)CC1. The summed E-state index contributed by atoms with van der Waals surface area (Å²) in [5.41, 5.74) is 0.741. The summed E-state index contributed by atoms with van der Waals surface area (Å²) in [4.78, 5) is 30.0. The predicted molar refractivity (Wildman–Crippen MR) is 121 cm³/mol. The van der Waals surface area contributed by atoms with Gasteiger partial charge in [-0.25, -0.2) is 4.39 Å². The number of aliphatic hydroxyl groups excluding tert-OH is 2. The highest BCUT2D eigenvalue weighted by molar-refractivity contribution is 6.42. The quantitative estimate of drug-likeness (QED) is 0.598. The van der Waals surface area contributed by atoms with Crippen molar-refractivity contribution in [1.82, 2.24) is 14.7 Å². The number of amides is 2. The number of alkyl halides is 1. The molecule has 2 fully saturated rings. The maximum Gasteiger partial charge on any atom is 0.246 e. The molecule has 0 aromatic heterocycles. The van der Waals surface area contributed by atoms with Gasteiger partial charge in [-0.3, -0.25) is 14.5 Å². The zero-order chi connectivity index (χ0) is 23.3. The number of likely N-dealkylation sites (tertiary alicyclic amines) is 1. The van der Waals surface area contributed by atoms with Gasteiger partial charge in [-0.05, 0) is 30.2 Å². The predicted octanol–water partition coefficient (Wildman–Crippen LogP) is 1.83. The molecule has 10 heteroatoms. The molecule has 2 amide bonds. The summed E-state index contributed by atoms with van der Waals surface area (Å²) < 4.78 is 13.4. The second-order valence-electron chi connectivity index (χ2n) is 8.21. The van der Waals surface area contributed by atoms with Gasteiger partial charge in [0.2, 0.25) is 11.8 Å². The van der Waals surface area contributed by atoms with Crippen LogP contribution in [0.2, 0.25) is 10.0 Å². The van der Waals surface area contributed by atoms with Crippen LogP contribution < -0.4 is 0 Å². The Bertz CT molecular complexity index is 856. The van der Waals surface area contributed by atoms with Gasteiger partial charge in [0.25, 0.3) is 0 Å². The first-order valence-electron chi connectivity index (χ1n) is 10.7. The number of β-amino-alcohol motifs (C(OH)–C–C–N with tert-alkyl or cyclic N) is 2. The van der Waals surface area contributed by atoms with Crippen molar-refractivity contribution in [2.75, 3.05) is 45.8 Å². The molecule has 0 saturated carbocycles. The molecule has 2 heterocycles. The lowest BCUT2D eigenvalue weighted by Crippen LogP contribution is -2.49. The van der Waals surface area contributed by atoms with Crippen molar-refractivity contribution < 1.29 is 24.2 Å². The van der Waals surface area contributed by atoms with E-state index in [0.717, 1.165) is 5.56 Å². The highest BCUT2D eigenvalue weighted by Gasteiger charge is 2.30. The summed E-state index contributed by atoms with van der Waals surface area (Å²) in [6.45, 7) is 1.98. The number of hydrogen-bond donors (Lipinski definition) is 2. The molecule has 3 atom stereocenters. The number of halogens is 3. The maximum atomic E-state index is 13.4. The molecular formula is C22H28Cl2FN3O4. The average Bonchev–Trinajstić information content (AvgIpc) is 2.93. The number of benzene rings is 1. The molecule has 0 radical (unpaired) electrons. The molecule has 2 N–H and O–H groups in total. The van der Waals surface area contributed by atoms with Gasteiger partial charge in [0.1, 0.15) is 6.17 Å². The van der Waals surface area contributed by atoms with Gasteiger partial charge in [0.15, 0.2) is 0 Å². The Morgan fingerprint density at radius 1 is 1.19 bits per heavy atom. The van der Waals surface area contributed by atoms with E-state index in [1.807, 2.05) is 0 Å². The zero-order valence-electron chi connectivity index (χ0n) is 17.7. The molecule has 2 saturated heterocycles. The number of carbonyl (C=O) groups excluding carboxylic acids is 2. The van der Waals surface area contributed by atoms with Crippen LogP contribution in [0.5, 0.6) is 0 Å². The highest BCUT2D eigenvalue weighted by Crippen LogP contribution is 2.23. The van der Waals surface area contributed by atoms with Crippen LogP contribution in [-0.4, -0.2) is 101 Å². The third-order valence-corrected chi connectivity index (χ3v) is 6.48. The van der Waals surface area contributed by atoms with Crippen molar-refractivity contribution in [3.05, 3.63) is 39.9 Å². The fourth-order valence-corrected chi connectivity index (χ4v) is 4.22. The van der Waals surface area contributed by atoms with Gasteiger partial charge in [-0.2, -0.15) is 0 Å². The molecule has 2 aliphatic rings. The van der Waals surface area contributed by atoms with E-state index in [1.54, 1.807) is 39.0 Å². The van der Waals surface area contributed by atoms with Gasteiger partial charge in [0, 0.05) is 58.3 Å². The average molecular weight is 488 g/mol. The minimum Gasteiger partial charge on any atom is -0.390 e. The first-order chi connectivity index (χ1) is 15.2. The molecule has 176 valence electrons. The Morgan fingerprint density at radius 2 is 1.97 bits per heavy atom. The first kappa shape index (κ1) is 24.9. The zero-order valence-corrected chi connectivity index (χ0v) is 19.2. The maximum absolute atomic E-state index is 13.4. The lowest BCUT2D eigenvalue weighted by Gasteiger charge is -2.34. The van der Waals surface area contributed by atoms with Crippen LogP contribution in [0.1, 0.15) is 18.4 Å². The Balaban J connectivity index is 1.50. The minimum absolute atomic E-state index is 0.129. The van der Waals surface area contributed by atoms with Crippen LogP contribution in [0.3, 0.4) is 0 Å². The van der Waals surface area contributed by atoms with E-state index in [0.29, 0.717) is 36.2 Å². The molecule has 0 spiro atoms. The number of aliphatic hydroxyl groups is 2. The highest BCUT2D eigenvalue weighted by atomic mass is 35.5. The van der Waals surface area contributed by atoms with E-state index < -0.39 is 18.4 Å². The van der Waals surface area contributed by atoms with Crippen molar-refractivity contribution in [3.8, 4) is 0 Å². The molecule has 0 aliphatic carbocycles. The summed E-state index contributed by atoms with van der Waals surface area (Å²) in [5.74, 6) is -0.343. The normalized spacial score (nSPS) is 24.1. The van der Waals surface area contributed by atoms with Crippen LogP contribution in [0.25, 0.3) is 6.08 Å². The third kappa shape index (κ3) is 6.89. The van der Waals surface area contributed by atoms with E-state index in [1.165, 1.54) is 6.08 Å². The number of piperidine rings is 1. The van der Waals surface area contributed by atoms with Crippen molar-refractivity contribution >= 4 is 41.1 Å². The molecule has 1 aromatic carbocycles. The van der Waals surface area contributed by atoms with E-state index in [2.05, 4.69) is 0 Å². The van der Waals surface area contributed by atoms with Crippen LogP contribution in [0.15, 0.2) is 24.3 Å². The van der Waals surface area contributed by atoms with Gasteiger partial charge >= 0.3 is 0 Å². The summed E-state index contributed by atoms with van der Waals surface area (Å²) >= 11 is 11.9. The Labute approximate surface area is 197 Å². The Kier molecular flexibility index (Phi) is 8.90. The van der Waals surface area contributed by atoms with Crippen molar-refractivity contribution in [2.24, 2.45) is 0 Å². The van der Waals surface area contributed by atoms with Crippen molar-refractivity contribution in [2.45, 2.75) is 31.2 Å². The molecule has 1 unspecified atom stereocenters. The molecular weight excluding hydrogens is 460 g/mol. The van der Waals surface area contributed by atoms with Crippen molar-refractivity contribution in [3.63, 3.8) is 0 Å². The number of hydrogen-bond acceptors (Lipinski definition) is 5. The topological polar surface area (TPSA) is 84.3 Å². The van der Waals surface area contributed by atoms with Gasteiger partial charge < -0.3 is 20.0 Å². The summed E-state index contributed by atoms with van der Waals surface area (Å²) in [6.07, 6.45) is 0.382. The fourth-order valence-electron chi connectivity index (χ4n) is 3.91. The van der Waals surface area contributed by atoms with Gasteiger partial charge in [0.05, 0.1) is 22.3 Å². The van der Waals surface area contributed by atoms with E-state index >= 15 is 0 Å². The van der Waals surface area contributed by atoms with E-state index in [4.69, 9.17) is 23.2 Å². The summed E-state index contributed by atoms with van der Waals surface area (Å²) in [7, 11) is 0. The smallest absolute Gasteiger partial charge is 0.246 e. The molecule has 3 rings (SSSR count). The second-order valence-corrected chi connectivity index (χ2v) is 9.02. The number of rotatable bonds is 6. The molecule has 1 aromatic rings. The Hall–Kier alpha value is -1.71. The summed E-state index contributed by atoms with van der Waals surface area (Å²) in [5, 5.41) is 20.9. The standard InChI is InChI=1S/C22H28Cl2FN3O4/c23-17-3-1-15(11-18(17)24)2-4-21(31)27-8-6-22(32)28(10-9-27)13-16(29)12-26-7-5-19(25)20(30)14-26/h1-4,11,16,19-20,29-30H,5-10,12-14H2/b4-2+/t16?,19-,20+/m0/s1. The molecule has 2 aliphatic heterocycles. The largest absolute Gasteiger partial charge is 0.390 e. The van der Waals surface area contributed by atoms with Crippen LogP contribution in [0.4, 0.5) is 4.39 Å². The van der Waals surface area contributed by atoms with Crippen LogP contribution in [-0.2, 0) is 9.59 Å². The van der Waals surface area contributed by atoms with E-state index in [-0.39, 0.29) is 44.3 Å². The van der Waals surface area contributed by atoms with Crippen LogP contribution in [0, 0.1) is 0 Å². The number of nitrogens with zero attached hydrogens (tertiary/aromatic N) is 3. The third-order valence-electron chi connectivity index (χ3n) is 5.75. The Morgan fingerprint density at radius 3 is 2.69 bits per heavy atom. The monoisotopic (exact) mass is 487 g/mol. The van der Waals surface area contributed by atoms with Crippen LogP contribution >= 0.6 is 23.2 Å². The fraction of sp³-hybridized carbons (Fsp3) is 0.545. The molecule has 0 bridgehead atoms. The van der Waals surface area contributed by atoms with E-state index in [9.17, 15) is 24.2 Å². The summed E-state index contributed by atoms with van der Waals surface area (Å²) in [6, 6.07) is 5.07. The van der Waals surface area contributed by atoms with Gasteiger partial charge in [-0.15, -0.1) is 0 Å². The van der Waals surface area contributed by atoms with Crippen molar-refractivity contribution in [1.29, 1.82) is 0 Å². The molecule has 7 nitrogen and oxygen atoms in total.